The van der Waals surface area contributed by atoms with Crippen LogP contribution in [0.4, 0.5) is 0 Å². The molecule has 2 heteroatoms. The maximum atomic E-state index is 5.61. The van der Waals surface area contributed by atoms with E-state index < -0.39 is 0 Å². The Morgan fingerprint density at radius 1 is 1.17 bits per heavy atom. The number of nitrogens with zero attached hydrogens (tertiary/aromatic N) is 1. The number of hydrogen-bond donors (Lipinski definition) is 0. The number of hydrogen-bond acceptors (Lipinski definition) is 2. The summed E-state index contributed by atoms with van der Waals surface area (Å²) in [6.07, 6.45) is 2.90. The molecule has 0 atom stereocenters. The minimum absolute atomic E-state index is 0.0602. The van der Waals surface area contributed by atoms with Crippen LogP contribution in [0.15, 0.2) is 41.0 Å². The van der Waals surface area contributed by atoms with E-state index in [1.165, 1.54) is 0 Å². The molecule has 2 aromatic rings. The van der Waals surface area contributed by atoms with E-state index in [-0.39, 0.29) is 5.41 Å². The van der Waals surface area contributed by atoms with Gasteiger partial charge in [-0.3, -0.25) is 0 Å². The molecule has 2 rings (SSSR count). The molecule has 1 aromatic carbocycles. The molecular formula is C16H21NO. The lowest BCUT2D eigenvalue weighted by atomic mass is 9.81. The fraction of sp³-hybridized carbons (Fsp3) is 0.438. The summed E-state index contributed by atoms with van der Waals surface area (Å²) in [6, 6.07) is 10.0. The molecular weight excluding hydrogens is 222 g/mol. The highest BCUT2D eigenvalue weighted by atomic mass is 16.3. The van der Waals surface area contributed by atoms with E-state index in [0.29, 0.717) is 11.8 Å². The highest BCUT2D eigenvalue weighted by Crippen LogP contribution is 2.31. The van der Waals surface area contributed by atoms with Gasteiger partial charge in [0.05, 0.1) is 5.69 Å². The summed E-state index contributed by atoms with van der Waals surface area (Å²) in [4.78, 5) is 4.64. The van der Waals surface area contributed by atoms with E-state index in [0.717, 1.165) is 17.7 Å². The third-order valence-corrected chi connectivity index (χ3v) is 3.14. The highest BCUT2D eigenvalue weighted by Gasteiger charge is 2.25. The predicted molar refractivity (Wildman–Crippen MR) is 74.4 cm³/mol. The molecule has 2 nitrogen and oxygen atoms in total. The maximum Gasteiger partial charge on any atom is 0.226 e. The average molecular weight is 243 g/mol. The molecule has 0 bridgehead atoms. The molecule has 0 aliphatic rings. The fourth-order valence-electron chi connectivity index (χ4n) is 2.42. The first-order valence-electron chi connectivity index (χ1n) is 6.50. The van der Waals surface area contributed by atoms with E-state index in [2.05, 4.69) is 32.7 Å². The molecule has 0 aliphatic heterocycles. The van der Waals surface area contributed by atoms with Gasteiger partial charge in [0.15, 0.2) is 0 Å². The summed E-state index contributed by atoms with van der Waals surface area (Å²) in [6.45, 7) is 8.92. The van der Waals surface area contributed by atoms with Crippen LogP contribution in [0, 0.1) is 5.92 Å². The van der Waals surface area contributed by atoms with Crippen LogP contribution >= 0.6 is 0 Å². The monoisotopic (exact) mass is 243 g/mol. The Labute approximate surface area is 109 Å². The van der Waals surface area contributed by atoms with Crippen molar-refractivity contribution in [2.24, 2.45) is 5.92 Å². The second-order valence-corrected chi connectivity index (χ2v) is 5.89. The third kappa shape index (κ3) is 2.81. The molecule has 0 amide bonds. The van der Waals surface area contributed by atoms with Crippen molar-refractivity contribution in [3.05, 3.63) is 42.3 Å². The summed E-state index contributed by atoms with van der Waals surface area (Å²) in [5.41, 5.74) is 2.13. The summed E-state index contributed by atoms with van der Waals surface area (Å²) >= 11 is 0. The van der Waals surface area contributed by atoms with Crippen LogP contribution < -0.4 is 0 Å². The van der Waals surface area contributed by atoms with Crippen molar-refractivity contribution in [3.8, 4) is 11.5 Å². The number of benzene rings is 1. The lowest BCUT2D eigenvalue weighted by Gasteiger charge is -2.23. The van der Waals surface area contributed by atoms with Gasteiger partial charge in [0.2, 0.25) is 5.89 Å². The van der Waals surface area contributed by atoms with Crippen LogP contribution in [0.5, 0.6) is 0 Å². The molecule has 0 saturated carbocycles. The Bertz CT molecular complexity index is 497. The van der Waals surface area contributed by atoms with Crippen molar-refractivity contribution in [2.75, 3.05) is 0 Å². The van der Waals surface area contributed by atoms with Gasteiger partial charge in [-0.1, -0.05) is 45.9 Å². The van der Waals surface area contributed by atoms with Gasteiger partial charge in [0, 0.05) is 11.0 Å². The van der Waals surface area contributed by atoms with Crippen LogP contribution in [-0.2, 0) is 5.41 Å². The van der Waals surface area contributed by atoms with Gasteiger partial charge in [-0.05, 0) is 24.5 Å². The zero-order chi connectivity index (χ0) is 13.2. The molecule has 1 aromatic heterocycles. The normalized spacial score (nSPS) is 12.1. The average Bonchev–Trinajstić information content (AvgIpc) is 2.78. The topological polar surface area (TPSA) is 26.0 Å². The second-order valence-electron chi connectivity index (χ2n) is 5.89. The van der Waals surface area contributed by atoms with Gasteiger partial charge >= 0.3 is 0 Å². The van der Waals surface area contributed by atoms with Crippen molar-refractivity contribution in [2.45, 2.75) is 39.5 Å². The van der Waals surface area contributed by atoms with Crippen molar-refractivity contribution in [1.82, 2.24) is 4.98 Å². The van der Waals surface area contributed by atoms with E-state index in [4.69, 9.17) is 4.42 Å². The first kappa shape index (κ1) is 12.9. The van der Waals surface area contributed by atoms with Crippen LogP contribution in [0.2, 0.25) is 0 Å². The molecule has 0 saturated heterocycles. The van der Waals surface area contributed by atoms with E-state index in [1.54, 1.807) is 6.26 Å². The molecule has 96 valence electrons. The van der Waals surface area contributed by atoms with Crippen molar-refractivity contribution in [1.29, 1.82) is 0 Å². The van der Waals surface area contributed by atoms with Crippen LogP contribution in [0.25, 0.3) is 11.5 Å². The van der Waals surface area contributed by atoms with Crippen LogP contribution in [0.3, 0.4) is 0 Å². The number of aromatic nitrogens is 1. The lowest BCUT2D eigenvalue weighted by molar-refractivity contribution is 0.389. The number of rotatable bonds is 4. The first-order chi connectivity index (χ1) is 8.49. The van der Waals surface area contributed by atoms with Gasteiger partial charge < -0.3 is 4.42 Å². The first-order valence-corrected chi connectivity index (χ1v) is 6.50. The minimum atomic E-state index is 0.0602. The SMILES string of the molecule is CC(C)CC(C)(C)c1coc(-c2ccccc2)n1. The smallest absolute Gasteiger partial charge is 0.226 e. The summed E-state index contributed by atoms with van der Waals surface area (Å²) in [5, 5.41) is 0. The van der Waals surface area contributed by atoms with Gasteiger partial charge in [-0.25, -0.2) is 4.98 Å². The van der Waals surface area contributed by atoms with E-state index in [9.17, 15) is 0 Å². The van der Waals surface area contributed by atoms with Gasteiger partial charge in [0.1, 0.15) is 6.26 Å². The second kappa shape index (κ2) is 4.97. The zero-order valence-corrected chi connectivity index (χ0v) is 11.6. The van der Waals surface area contributed by atoms with Crippen molar-refractivity contribution >= 4 is 0 Å². The maximum absolute atomic E-state index is 5.61. The predicted octanol–water partition coefficient (Wildman–Crippen LogP) is 4.67. The van der Waals surface area contributed by atoms with Gasteiger partial charge in [-0.2, -0.15) is 0 Å². The van der Waals surface area contributed by atoms with Crippen molar-refractivity contribution in [3.63, 3.8) is 0 Å². The van der Waals surface area contributed by atoms with Crippen molar-refractivity contribution < 1.29 is 4.42 Å². The van der Waals surface area contributed by atoms with E-state index in [1.807, 2.05) is 30.3 Å². The van der Waals surface area contributed by atoms with Crippen LogP contribution in [0.1, 0.15) is 39.8 Å². The Morgan fingerprint density at radius 3 is 2.44 bits per heavy atom. The molecule has 0 unspecified atom stereocenters. The summed E-state index contributed by atoms with van der Waals surface area (Å²) in [5.74, 6) is 1.36. The lowest BCUT2D eigenvalue weighted by Crippen LogP contribution is -2.20. The molecule has 0 aliphatic carbocycles. The molecule has 0 spiro atoms. The Morgan fingerprint density at radius 2 is 1.83 bits per heavy atom. The molecule has 0 radical (unpaired) electrons. The Kier molecular flexibility index (Phi) is 3.55. The van der Waals surface area contributed by atoms with Crippen LogP contribution in [-0.4, -0.2) is 4.98 Å². The fourth-order valence-corrected chi connectivity index (χ4v) is 2.42. The van der Waals surface area contributed by atoms with Gasteiger partial charge in [-0.15, -0.1) is 0 Å². The molecule has 0 N–H and O–H groups in total. The quantitative estimate of drug-likeness (QED) is 0.780. The largest absolute Gasteiger partial charge is 0.444 e. The Hall–Kier alpha value is -1.57. The zero-order valence-electron chi connectivity index (χ0n) is 11.6. The van der Waals surface area contributed by atoms with Gasteiger partial charge in [0.25, 0.3) is 0 Å². The summed E-state index contributed by atoms with van der Waals surface area (Å²) < 4.78 is 5.61. The standard InChI is InChI=1S/C16H21NO/c1-12(2)10-16(3,4)14-11-18-15(17-14)13-8-6-5-7-9-13/h5-9,11-12H,10H2,1-4H3. The molecule has 0 fully saturated rings. The minimum Gasteiger partial charge on any atom is -0.444 e. The highest BCUT2D eigenvalue weighted by molar-refractivity contribution is 5.52. The van der Waals surface area contributed by atoms with E-state index >= 15 is 0 Å². The third-order valence-electron chi connectivity index (χ3n) is 3.14. The summed E-state index contributed by atoms with van der Waals surface area (Å²) in [7, 11) is 0. The Balaban J connectivity index is 2.26. The molecule has 18 heavy (non-hydrogen) atoms. The molecule has 1 heterocycles. The number of oxazole rings is 1.